The molecule has 0 bridgehead atoms. The molecule has 0 spiro atoms. The standard InChI is InChI=1S/C73H142O17P2/c1-7-10-12-14-16-18-19-20-21-22-23-24-27-31-34-38-45-51-57-72(77)89-68(61-84-71(76)56-50-44-37-33-30-28-25-26-29-32-35-41-47-53-65(4)5)63-87-91(79,80)85-59-67(74)60-86-92(81,82)88-64-69(62-83-70(75)55-49-43-36-17-15-13-11-8-2)90-73(78)58-52-46-40-39-42-48-54-66(6)9-3/h65-69,74H,7-64H2,1-6H3,(H,79,80)(H,81,82)/t66?,67-,68-,69-/m1/s1. The van der Waals surface area contributed by atoms with E-state index in [4.69, 9.17) is 37.0 Å². The Balaban J connectivity index is 5.20. The number of esters is 4. The number of phosphoric ester groups is 2. The highest BCUT2D eigenvalue weighted by atomic mass is 31.2. The van der Waals surface area contributed by atoms with Crippen molar-refractivity contribution in [3.05, 3.63) is 0 Å². The second kappa shape index (κ2) is 65.0. The van der Waals surface area contributed by atoms with Gasteiger partial charge in [-0.3, -0.25) is 37.3 Å². The van der Waals surface area contributed by atoms with Gasteiger partial charge in [-0.05, 0) is 37.5 Å². The van der Waals surface area contributed by atoms with Crippen LogP contribution in [0, 0.1) is 11.8 Å². The summed E-state index contributed by atoms with van der Waals surface area (Å²) < 4.78 is 68.3. The number of phosphoric acid groups is 2. The topological polar surface area (TPSA) is 237 Å². The molecule has 0 aromatic heterocycles. The molecule has 92 heavy (non-hydrogen) atoms. The number of hydrogen-bond acceptors (Lipinski definition) is 15. The number of carbonyl (C=O) groups excluding carboxylic acids is 4. The lowest BCUT2D eigenvalue weighted by molar-refractivity contribution is -0.161. The molecular formula is C73H142O17P2. The number of carbonyl (C=O) groups is 4. The zero-order chi connectivity index (χ0) is 67.9. The monoisotopic (exact) mass is 1350 g/mol. The molecule has 0 amide bonds. The predicted molar refractivity (Wildman–Crippen MR) is 372 cm³/mol. The molecule has 0 radical (unpaired) electrons. The molecule has 17 nitrogen and oxygen atoms in total. The van der Waals surface area contributed by atoms with E-state index >= 15 is 0 Å². The highest BCUT2D eigenvalue weighted by Gasteiger charge is 2.30. The van der Waals surface area contributed by atoms with Crippen molar-refractivity contribution < 1.29 is 80.2 Å². The SMILES string of the molecule is CCCCCCCCCCCCCCCCCCCCC(=O)O[C@H](COC(=O)CCCCCCCCCCCCCCCC(C)C)COP(=O)(O)OC[C@@H](O)COP(=O)(O)OC[C@@H](COC(=O)CCCCCCCCCC)OC(=O)CCCCCCCCC(C)CC. The zero-order valence-electron chi connectivity index (χ0n) is 59.9. The van der Waals surface area contributed by atoms with E-state index in [1.165, 1.54) is 186 Å². The number of aliphatic hydroxyl groups is 1. The molecule has 19 heteroatoms. The van der Waals surface area contributed by atoms with E-state index < -0.39 is 97.5 Å². The van der Waals surface area contributed by atoms with Gasteiger partial charge in [-0.2, -0.15) is 0 Å². The van der Waals surface area contributed by atoms with Crippen LogP contribution in [0.3, 0.4) is 0 Å². The van der Waals surface area contributed by atoms with Crippen LogP contribution in [0.5, 0.6) is 0 Å². The molecule has 6 atom stereocenters. The Morgan fingerprint density at radius 1 is 0.315 bits per heavy atom. The molecule has 0 rings (SSSR count). The lowest BCUT2D eigenvalue weighted by Crippen LogP contribution is -2.30. The van der Waals surface area contributed by atoms with Crippen LogP contribution in [-0.2, 0) is 65.4 Å². The van der Waals surface area contributed by atoms with Gasteiger partial charge in [0.2, 0.25) is 0 Å². The Labute approximate surface area is 562 Å². The van der Waals surface area contributed by atoms with Gasteiger partial charge in [0.25, 0.3) is 0 Å². The predicted octanol–water partition coefficient (Wildman–Crippen LogP) is 21.2. The maximum atomic E-state index is 13.1. The molecule has 0 aliphatic heterocycles. The van der Waals surface area contributed by atoms with Crippen LogP contribution in [0.1, 0.15) is 375 Å². The molecule has 0 saturated carbocycles. The van der Waals surface area contributed by atoms with Crippen LogP contribution in [-0.4, -0.2) is 96.7 Å². The lowest BCUT2D eigenvalue weighted by Gasteiger charge is -2.21. The summed E-state index contributed by atoms with van der Waals surface area (Å²) in [6.45, 7) is 9.52. The van der Waals surface area contributed by atoms with Gasteiger partial charge in [-0.1, -0.05) is 324 Å². The van der Waals surface area contributed by atoms with Gasteiger partial charge in [-0.15, -0.1) is 0 Å². The van der Waals surface area contributed by atoms with Crippen molar-refractivity contribution in [3.63, 3.8) is 0 Å². The highest BCUT2D eigenvalue weighted by molar-refractivity contribution is 7.47. The Morgan fingerprint density at radius 2 is 0.554 bits per heavy atom. The van der Waals surface area contributed by atoms with Crippen molar-refractivity contribution in [2.24, 2.45) is 11.8 Å². The van der Waals surface area contributed by atoms with Crippen LogP contribution in [0.2, 0.25) is 0 Å². The third kappa shape index (κ3) is 65.4. The normalized spacial score (nSPS) is 14.4. The minimum atomic E-state index is -4.95. The van der Waals surface area contributed by atoms with Crippen LogP contribution >= 0.6 is 15.6 Å². The van der Waals surface area contributed by atoms with E-state index in [-0.39, 0.29) is 25.7 Å². The average Bonchev–Trinajstić information content (AvgIpc) is 1.55. The summed E-state index contributed by atoms with van der Waals surface area (Å²) in [4.78, 5) is 72.6. The van der Waals surface area contributed by atoms with Crippen molar-refractivity contribution in [3.8, 4) is 0 Å². The van der Waals surface area contributed by atoms with Gasteiger partial charge in [0, 0.05) is 25.7 Å². The van der Waals surface area contributed by atoms with Crippen molar-refractivity contribution in [2.75, 3.05) is 39.6 Å². The minimum absolute atomic E-state index is 0.103. The molecule has 0 saturated heterocycles. The maximum Gasteiger partial charge on any atom is 0.472 e. The molecule has 0 aliphatic carbocycles. The Hall–Kier alpha value is -1.94. The first-order valence-electron chi connectivity index (χ1n) is 38.0. The molecule has 3 N–H and O–H groups in total. The lowest BCUT2D eigenvalue weighted by atomic mass is 10.00. The summed E-state index contributed by atoms with van der Waals surface area (Å²) in [5, 5.41) is 10.6. The molecule has 546 valence electrons. The van der Waals surface area contributed by atoms with E-state index in [1.807, 2.05) is 0 Å². The summed E-state index contributed by atoms with van der Waals surface area (Å²) in [7, 11) is -9.90. The molecular weight excluding hydrogens is 1210 g/mol. The van der Waals surface area contributed by atoms with Crippen LogP contribution in [0.25, 0.3) is 0 Å². The number of ether oxygens (including phenoxy) is 4. The van der Waals surface area contributed by atoms with Crippen molar-refractivity contribution in [1.82, 2.24) is 0 Å². The van der Waals surface area contributed by atoms with Crippen molar-refractivity contribution in [2.45, 2.75) is 394 Å². The van der Waals surface area contributed by atoms with Crippen LogP contribution in [0.4, 0.5) is 0 Å². The summed E-state index contributed by atoms with van der Waals surface area (Å²) in [6, 6.07) is 0. The van der Waals surface area contributed by atoms with Gasteiger partial charge in [0.15, 0.2) is 12.2 Å². The fourth-order valence-electron chi connectivity index (χ4n) is 11.1. The van der Waals surface area contributed by atoms with Gasteiger partial charge in [0.1, 0.15) is 19.3 Å². The first-order valence-corrected chi connectivity index (χ1v) is 41.0. The summed E-state index contributed by atoms with van der Waals surface area (Å²) in [5.74, 6) is -0.613. The van der Waals surface area contributed by atoms with Gasteiger partial charge in [0.05, 0.1) is 26.4 Å². The maximum absolute atomic E-state index is 13.1. The smallest absolute Gasteiger partial charge is 0.462 e. The van der Waals surface area contributed by atoms with E-state index in [9.17, 15) is 43.2 Å². The zero-order valence-corrected chi connectivity index (χ0v) is 61.6. The number of unbranched alkanes of at least 4 members (excludes halogenated alkanes) is 41. The van der Waals surface area contributed by atoms with E-state index in [0.29, 0.717) is 25.7 Å². The average molecular weight is 1350 g/mol. The summed E-state index contributed by atoms with van der Waals surface area (Å²) >= 11 is 0. The van der Waals surface area contributed by atoms with E-state index in [0.717, 1.165) is 108 Å². The van der Waals surface area contributed by atoms with Crippen molar-refractivity contribution >= 4 is 39.5 Å². The Bertz CT molecular complexity index is 1790. The number of aliphatic hydroxyl groups excluding tert-OH is 1. The van der Waals surface area contributed by atoms with Crippen molar-refractivity contribution in [1.29, 1.82) is 0 Å². The first-order chi connectivity index (χ1) is 44.4. The van der Waals surface area contributed by atoms with Crippen LogP contribution < -0.4 is 0 Å². The molecule has 0 fully saturated rings. The largest absolute Gasteiger partial charge is 0.472 e. The Kier molecular flexibility index (Phi) is 63.7. The minimum Gasteiger partial charge on any atom is -0.462 e. The van der Waals surface area contributed by atoms with E-state index in [1.54, 1.807) is 0 Å². The molecule has 0 heterocycles. The molecule has 0 aliphatic rings. The van der Waals surface area contributed by atoms with Gasteiger partial charge < -0.3 is 33.8 Å². The van der Waals surface area contributed by atoms with Gasteiger partial charge in [-0.25, -0.2) is 9.13 Å². The molecule has 3 unspecified atom stereocenters. The van der Waals surface area contributed by atoms with E-state index in [2.05, 4.69) is 41.5 Å². The number of rotatable bonds is 72. The first kappa shape index (κ1) is 90.1. The quantitative estimate of drug-likeness (QED) is 0.0222. The Morgan fingerprint density at radius 3 is 0.826 bits per heavy atom. The second-order valence-corrected chi connectivity index (χ2v) is 30.0. The third-order valence-corrected chi connectivity index (χ3v) is 19.2. The fraction of sp³-hybridized carbons (Fsp3) is 0.945. The van der Waals surface area contributed by atoms with Gasteiger partial charge >= 0.3 is 39.5 Å². The molecule has 0 aromatic rings. The summed E-state index contributed by atoms with van der Waals surface area (Å²) in [6.07, 6.45) is 51.5. The second-order valence-electron chi connectivity index (χ2n) is 27.1. The number of hydrogen-bond donors (Lipinski definition) is 3. The highest BCUT2D eigenvalue weighted by Crippen LogP contribution is 2.45. The fourth-order valence-corrected chi connectivity index (χ4v) is 12.7. The molecule has 0 aromatic carbocycles. The third-order valence-electron chi connectivity index (χ3n) is 17.3. The summed E-state index contributed by atoms with van der Waals surface area (Å²) in [5.41, 5.74) is 0. The van der Waals surface area contributed by atoms with Crippen LogP contribution in [0.15, 0.2) is 0 Å².